The summed E-state index contributed by atoms with van der Waals surface area (Å²) in [6.45, 7) is -0.888. The number of aliphatic hydroxyl groups is 4. The lowest BCUT2D eigenvalue weighted by atomic mass is 9.98. The van der Waals surface area contributed by atoms with Crippen LogP contribution in [0.1, 0.15) is 57.8 Å². The van der Waals surface area contributed by atoms with Crippen molar-refractivity contribution in [3.8, 4) is 0 Å². The van der Waals surface area contributed by atoms with E-state index in [9.17, 15) is 15.3 Å². The van der Waals surface area contributed by atoms with Gasteiger partial charge in [0.15, 0.2) is 0 Å². The molecule has 0 spiro atoms. The van der Waals surface area contributed by atoms with Crippen molar-refractivity contribution in [3.05, 3.63) is 0 Å². The molecular weight excluding hydrogens is 260 g/mol. The third kappa shape index (κ3) is 6.50. The number of aliphatic hydroxyl groups excluding tert-OH is 4. The molecule has 0 aromatic rings. The van der Waals surface area contributed by atoms with Crippen molar-refractivity contribution in [2.24, 2.45) is 0 Å². The topological polar surface area (TPSA) is 90.2 Å². The maximum Gasteiger partial charge on any atom is 0.110 e. The highest BCUT2D eigenvalue weighted by atomic mass is 16.5. The second-order valence-corrected chi connectivity index (χ2v) is 5.77. The van der Waals surface area contributed by atoms with Crippen LogP contribution in [0.25, 0.3) is 0 Å². The minimum atomic E-state index is -1.27. The molecule has 1 rings (SSSR count). The van der Waals surface area contributed by atoms with Crippen LogP contribution < -0.4 is 0 Å². The summed E-state index contributed by atoms with van der Waals surface area (Å²) >= 11 is 0. The van der Waals surface area contributed by atoms with Gasteiger partial charge in [0.2, 0.25) is 0 Å². The monoisotopic (exact) mass is 290 g/mol. The fraction of sp³-hybridized carbons (Fsp3) is 1.00. The quantitative estimate of drug-likeness (QED) is 0.585. The van der Waals surface area contributed by atoms with Crippen LogP contribution in [0.2, 0.25) is 0 Å². The number of hydrogen-bond acceptors (Lipinski definition) is 5. The molecular formula is C15H30O5. The van der Waals surface area contributed by atoms with Gasteiger partial charge in [-0.3, -0.25) is 0 Å². The molecule has 0 saturated heterocycles. The van der Waals surface area contributed by atoms with Gasteiger partial charge in [-0.1, -0.05) is 44.9 Å². The van der Waals surface area contributed by atoms with Crippen molar-refractivity contribution in [1.29, 1.82) is 0 Å². The van der Waals surface area contributed by atoms with Crippen LogP contribution in [0.5, 0.6) is 0 Å². The molecule has 1 aliphatic carbocycles. The van der Waals surface area contributed by atoms with Crippen LogP contribution in [-0.2, 0) is 4.74 Å². The van der Waals surface area contributed by atoms with E-state index in [1.165, 1.54) is 32.1 Å². The molecule has 120 valence electrons. The zero-order valence-electron chi connectivity index (χ0n) is 12.3. The third-order valence-corrected chi connectivity index (χ3v) is 4.06. The van der Waals surface area contributed by atoms with Crippen LogP contribution in [0.3, 0.4) is 0 Å². The molecule has 1 aliphatic rings. The first-order valence-electron chi connectivity index (χ1n) is 7.92. The van der Waals surface area contributed by atoms with Gasteiger partial charge in [0.05, 0.1) is 19.3 Å². The standard InChI is InChI=1S/C15H30O5/c16-10-13(18)15(19)14(11-17)20-12-8-6-4-2-1-3-5-7-9-12/h12-19H,1-11H2/t13-,14+,15+/m0/s1. The van der Waals surface area contributed by atoms with Gasteiger partial charge in [0.1, 0.15) is 18.3 Å². The predicted molar refractivity (Wildman–Crippen MR) is 76.4 cm³/mol. The van der Waals surface area contributed by atoms with Gasteiger partial charge in [0.25, 0.3) is 0 Å². The molecule has 5 heteroatoms. The highest BCUT2D eigenvalue weighted by Crippen LogP contribution is 2.21. The Morgan fingerprint density at radius 1 is 0.800 bits per heavy atom. The molecule has 0 aromatic carbocycles. The Balaban J connectivity index is 2.47. The van der Waals surface area contributed by atoms with Gasteiger partial charge in [-0.05, 0) is 12.8 Å². The van der Waals surface area contributed by atoms with E-state index < -0.39 is 24.9 Å². The van der Waals surface area contributed by atoms with Crippen LogP contribution in [-0.4, -0.2) is 58.1 Å². The first-order chi connectivity index (χ1) is 9.69. The Morgan fingerprint density at radius 2 is 1.30 bits per heavy atom. The molecule has 20 heavy (non-hydrogen) atoms. The maximum absolute atomic E-state index is 9.84. The molecule has 1 fully saturated rings. The number of rotatable bonds is 6. The summed E-state index contributed by atoms with van der Waals surface area (Å²) in [5, 5.41) is 37.5. The van der Waals surface area contributed by atoms with Crippen molar-refractivity contribution < 1.29 is 25.2 Å². The van der Waals surface area contributed by atoms with Crippen LogP contribution in [0, 0.1) is 0 Å². The fourth-order valence-electron chi connectivity index (χ4n) is 2.74. The van der Waals surface area contributed by atoms with E-state index in [0.717, 1.165) is 25.7 Å². The normalized spacial score (nSPS) is 24.0. The highest BCUT2D eigenvalue weighted by molar-refractivity contribution is 4.77. The summed E-state index contributed by atoms with van der Waals surface area (Å²) < 4.78 is 5.79. The van der Waals surface area contributed by atoms with Crippen molar-refractivity contribution in [2.75, 3.05) is 13.2 Å². The molecule has 0 bridgehead atoms. The summed E-state index contributed by atoms with van der Waals surface area (Å²) in [5.74, 6) is 0. The lowest BCUT2D eigenvalue weighted by Gasteiger charge is -2.29. The Bertz CT molecular complexity index is 226. The highest BCUT2D eigenvalue weighted by Gasteiger charge is 2.28. The van der Waals surface area contributed by atoms with E-state index in [-0.39, 0.29) is 12.7 Å². The second kappa shape index (κ2) is 10.5. The average molecular weight is 290 g/mol. The Labute approximate surface area is 121 Å². The van der Waals surface area contributed by atoms with Gasteiger partial charge >= 0.3 is 0 Å². The van der Waals surface area contributed by atoms with E-state index >= 15 is 0 Å². The van der Waals surface area contributed by atoms with Gasteiger partial charge in [-0.2, -0.15) is 0 Å². The Morgan fingerprint density at radius 3 is 1.75 bits per heavy atom. The first-order valence-corrected chi connectivity index (χ1v) is 7.92. The molecule has 0 unspecified atom stereocenters. The third-order valence-electron chi connectivity index (χ3n) is 4.06. The molecule has 1 saturated carbocycles. The summed E-state index contributed by atoms with van der Waals surface area (Å²) in [5.41, 5.74) is 0. The molecule has 0 aliphatic heterocycles. The number of ether oxygens (including phenoxy) is 1. The molecule has 4 N–H and O–H groups in total. The summed E-state index contributed by atoms with van der Waals surface area (Å²) in [7, 11) is 0. The summed E-state index contributed by atoms with van der Waals surface area (Å²) in [4.78, 5) is 0. The van der Waals surface area contributed by atoms with E-state index in [0.29, 0.717) is 0 Å². The minimum Gasteiger partial charge on any atom is -0.394 e. The van der Waals surface area contributed by atoms with E-state index in [4.69, 9.17) is 9.84 Å². The molecule has 0 aromatic heterocycles. The van der Waals surface area contributed by atoms with Crippen molar-refractivity contribution in [3.63, 3.8) is 0 Å². The smallest absolute Gasteiger partial charge is 0.110 e. The number of hydrogen-bond donors (Lipinski definition) is 4. The molecule has 0 radical (unpaired) electrons. The maximum atomic E-state index is 9.84. The molecule has 5 nitrogen and oxygen atoms in total. The largest absolute Gasteiger partial charge is 0.394 e. The van der Waals surface area contributed by atoms with Crippen molar-refractivity contribution in [1.82, 2.24) is 0 Å². The SMILES string of the molecule is OC[C@H](O)[C@@H](O)[C@@H](CO)OC1CCCCCCCCC1. The van der Waals surface area contributed by atoms with Gasteiger partial charge in [0, 0.05) is 0 Å². The molecule has 0 heterocycles. The second-order valence-electron chi connectivity index (χ2n) is 5.77. The van der Waals surface area contributed by atoms with Crippen LogP contribution in [0.4, 0.5) is 0 Å². The first kappa shape index (κ1) is 17.9. The lowest BCUT2D eigenvalue weighted by Crippen LogP contribution is -2.44. The van der Waals surface area contributed by atoms with Crippen molar-refractivity contribution in [2.45, 2.75) is 82.2 Å². The predicted octanol–water partition coefficient (Wildman–Crippen LogP) is 0.971. The van der Waals surface area contributed by atoms with Crippen molar-refractivity contribution >= 4 is 0 Å². The molecule has 0 amide bonds. The Hall–Kier alpha value is -0.200. The van der Waals surface area contributed by atoms with Crippen LogP contribution in [0.15, 0.2) is 0 Å². The fourth-order valence-corrected chi connectivity index (χ4v) is 2.74. The molecule has 3 atom stereocenters. The minimum absolute atomic E-state index is 0.0193. The van der Waals surface area contributed by atoms with Gasteiger partial charge < -0.3 is 25.2 Å². The van der Waals surface area contributed by atoms with Gasteiger partial charge in [-0.15, -0.1) is 0 Å². The van der Waals surface area contributed by atoms with E-state index in [1.54, 1.807) is 0 Å². The zero-order valence-corrected chi connectivity index (χ0v) is 12.3. The average Bonchev–Trinajstić information content (AvgIpc) is 2.49. The zero-order chi connectivity index (χ0) is 14.8. The van der Waals surface area contributed by atoms with E-state index in [1.807, 2.05) is 0 Å². The van der Waals surface area contributed by atoms with Crippen LogP contribution >= 0.6 is 0 Å². The van der Waals surface area contributed by atoms with Gasteiger partial charge in [-0.25, -0.2) is 0 Å². The summed E-state index contributed by atoms with van der Waals surface area (Å²) in [6, 6.07) is 0. The van der Waals surface area contributed by atoms with E-state index in [2.05, 4.69) is 0 Å². The summed E-state index contributed by atoms with van der Waals surface area (Å²) in [6.07, 6.45) is 6.97. The Kier molecular flexibility index (Phi) is 9.39. The lowest BCUT2D eigenvalue weighted by molar-refractivity contribution is -0.141.